The molecule has 5 fully saturated rings. The lowest BCUT2D eigenvalue weighted by atomic mass is 9.76. The van der Waals surface area contributed by atoms with Crippen LogP contribution in [0.1, 0.15) is 87.1 Å². The predicted molar refractivity (Wildman–Crippen MR) is 118 cm³/mol. The molecular weight excluding hydrogens is 409 g/mol. The molecule has 4 saturated carbocycles. The Bertz CT molecular complexity index is 915. The second-order valence-electron chi connectivity index (χ2n) is 11.1. The van der Waals surface area contributed by atoms with Crippen LogP contribution in [0.25, 0.3) is 0 Å². The van der Waals surface area contributed by atoms with Crippen molar-refractivity contribution in [3.8, 4) is 5.75 Å². The van der Waals surface area contributed by atoms with Crippen molar-refractivity contribution in [3.05, 3.63) is 29.1 Å². The fourth-order valence-corrected chi connectivity index (χ4v) is 7.41. The van der Waals surface area contributed by atoms with Gasteiger partial charge >= 0.3 is 5.97 Å². The number of rotatable bonds is 7. The van der Waals surface area contributed by atoms with Gasteiger partial charge in [0.25, 0.3) is 5.91 Å². The molecule has 5 nitrogen and oxygen atoms in total. The molecule has 1 heterocycles. The SMILES string of the molecule is CC(C)c1cc(C(=O)N2CCC[C@H]2CC(=O)O)c(F)cc1OCC12CC3CC(CC1C3)C2. The smallest absolute Gasteiger partial charge is 0.305 e. The monoisotopic (exact) mass is 443 g/mol. The van der Waals surface area contributed by atoms with Crippen LogP contribution in [0.4, 0.5) is 4.39 Å². The number of ether oxygens (including phenoxy) is 1. The minimum atomic E-state index is -0.934. The molecule has 5 aliphatic rings. The summed E-state index contributed by atoms with van der Waals surface area (Å²) in [6, 6.07) is 2.66. The van der Waals surface area contributed by atoms with Crippen molar-refractivity contribution in [2.45, 2.75) is 77.2 Å². The Labute approximate surface area is 189 Å². The maximum atomic E-state index is 15.2. The fraction of sp³-hybridized carbons (Fsp3) is 0.692. The van der Waals surface area contributed by atoms with E-state index in [1.165, 1.54) is 43.1 Å². The minimum Gasteiger partial charge on any atom is -0.493 e. The first kappa shape index (κ1) is 21.7. The van der Waals surface area contributed by atoms with Gasteiger partial charge in [0.2, 0.25) is 0 Å². The summed E-state index contributed by atoms with van der Waals surface area (Å²) in [6.45, 7) is 5.17. The third-order valence-corrected chi connectivity index (χ3v) is 8.67. The first-order valence-corrected chi connectivity index (χ1v) is 12.2. The lowest BCUT2D eigenvalue weighted by Crippen LogP contribution is -2.37. The third kappa shape index (κ3) is 3.69. The molecule has 32 heavy (non-hydrogen) atoms. The summed E-state index contributed by atoms with van der Waals surface area (Å²) >= 11 is 0. The molecule has 6 heteroatoms. The molecule has 1 aliphatic heterocycles. The quantitative estimate of drug-likeness (QED) is 0.626. The van der Waals surface area contributed by atoms with Gasteiger partial charge in [0, 0.05) is 24.1 Å². The molecule has 4 aliphatic carbocycles. The van der Waals surface area contributed by atoms with Gasteiger partial charge in [-0.3, -0.25) is 9.59 Å². The standard InChI is InChI=1S/C26H34FNO4/c1-15(2)20-10-21(25(31)28-5-3-4-19(28)9-24(29)30)22(27)11-23(20)32-14-26-12-16-6-17(13-26)8-18(26)7-16/h10-11,15-19H,3-9,12-14H2,1-2H3,(H,29,30)/t16?,17?,18?,19-,26?/m0/s1. The van der Waals surface area contributed by atoms with Crippen molar-refractivity contribution in [2.24, 2.45) is 23.2 Å². The number of carboxylic acid groups (broad SMARTS) is 1. The maximum absolute atomic E-state index is 15.2. The summed E-state index contributed by atoms with van der Waals surface area (Å²) in [6.07, 6.45) is 7.79. The summed E-state index contributed by atoms with van der Waals surface area (Å²) in [5, 5.41) is 9.16. The zero-order chi connectivity index (χ0) is 22.6. The molecule has 2 unspecified atom stereocenters. The van der Waals surface area contributed by atoms with E-state index >= 15 is 4.39 Å². The van der Waals surface area contributed by atoms with Crippen LogP contribution >= 0.6 is 0 Å². The molecule has 1 aromatic rings. The minimum absolute atomic E-state index is 0.0253. The van der Waals surface area contributed by atoms with Crippen LogP contribution in [-0.2, 0) is 4.79 Å². The maximum Gasteiger partial charge on any atom is 0.305 e. The number of hydrogen-bond donors (Lipinski definition) is 1. The van der Waals surface area contributed by atoms with Gasteiger partial charge in [0.15, 0.2) is 0 Å². The number of halogens is 1. The summed E-state index contributed by atoms with van der Waals surface area (Å²) in [7, 11) is 0. The molecule has 1 amide bonds. The zero-order valence-electron chi connectivity index (χ0n) is 19.1. The molecule has 3 atom stereocenters. The number of benzene rings is 1. The van der Waals surface area contributed by atoms with E-state index in [0.717, 1.165) is 29.7 Å². The van der Waals surface area contributed by atoms with Crippen LogP contribution in [-0.4, -0.2) is 41.1 Å². The van der Waals surface area contributed by atoms with Gasteiger partial charge in [-0.05, 0) is 80.2 Å². The highest BCUT2D eigenvalue weighted by atomic mass is 19.1. The van der Waals surface area contributed by atoms with E-state index in [2.05, 4.69) is 0 Å². The number of carboxylic acids is 1. The van der Waals surface area contributed by atoms with E-state index in [-0.39, 0.29) is 29.4 Å². The molecule has 1 saturated heterocycles. The number of likely N-dealkylation sites (tertiary alicyclic amines) is 1. The molecule has 174 valence electrons. The Morgan fingerprint density at radius 2 is 1.94 bits per heavy atom. The summed E-state index contributed by atoms with van der Waals surface area (Å²) < 4.78 is 21.5. The number of nitrogens with zero attached hydrogens (tertiary/aromatic N) is 1. The number of aliphatic carboxylic acids is 1. The average molecular weight is 444 g/mol. The highest BCUT2D eigenvalue weighted by Crippen LogP contribution is 2.65. The van der Waals surface area contributed by atoms with Crippen LogP contribution in [0.3, 0.4) is 0 Å². The zero-order valence-corrected chi connectivity index (χ0v) is 19.1. The predicted octanol–water partition coefficient (Wildman–Crippen LogP) is 5.23. The number of carbonyl (C=O) groups excluding carboxylic acids is 1. The van der Waals surface area contributed by atoms with Gasteiger partial charge in [-0.1, -0.05) is 13.8 Å². The molecule has 0 radical (unpaired) electrons. The van der Waals surface area contributed by atoms with Crippen molar-refractivity contribution in [1.82, 2.24) is 4.90 Å². The van der Waals surface area contributed by atoms with E-state index in [0.29, 0.717) is 25.3 Å². The first-order valence-electron chi connectivity index (χ1n) is 12.2. The van der Waals surface area contributed by atoms with Crippen LogP contribution in [0, 0.1) is 29.0 Å². The number of hydrogen-bond acceptors (Lipinski definition) is 3. The van der Waals surface area contributed by atoms with Crippen molar-refractivity contribution in [1.29, 1.82) is 0 Å². The highest BCUT2D eigenvalue weighted by Gasteiger charge is 2.58. The Balaban J connectivity index is 1.37. The van der Waals surface area contributed by atoms with E-state index < -0.39 is 17.7 Å². The summed E-state index contributed by atoms with van der Waals surface area (Å²) in [4.78, 5) is 25.9. The van der Waals surface area contributed by atoms with E-state index in [4.69, 9.17) is 9.84 Å². The lowest BCUT2D eigenvalue weighted by Gasteiger charge is -2.33. The topological polar surface area (TPSA) is 66.8 Å². The Morgan fingerprint density at radius 1 is 1.22 bits per heavy atom. The third-order valence-electron chi connectivity index (χ3n) is 8.67. The number of carbonyl (C=O) groups is 2. The second-order valence-corrected chi connectivity index (χ2v) is 11.1. The lowest BCUT2D eigenvalue weighted by molar-refractivity contribution is -0.137. The summed E-state index contributed by atoms with van der Waals surface area (Å²) in [5.41, 5.74) is 1.13. The molecule has 0 aromatic heterocycles. The van der Waals surface area contributed by atoms with E-state index in [1.807, 2.05) is 13.8 Å². The molecule has 0 spiro atoms. The first-order chi connectivity index (χ1) is 15.3. The van der Waals surface area contributed by atoms with Crippen molar-refractivity contribution < 1.29 is 23.8 Å². The fourth-order valence-electron chi connectivity index (χ4n) is 7.41. The van der Waals surface area contributed by atoms with Gasteiger partial charge < -0.3 is 14.7 Å². The molecule has 6 rings (SSSR count). The Hall–Kier alpha value is -2.11. The van der Waals surface area contributed by atoms with Gasteiger partial charge in [-0.2, -0.15) is 0 Å². The van der Waals surface area contributed by atoms with Crippen molar-refractivity contribution in [2.75, 3.05) is 13.2 Å². The van der Waals surface area contributed by atoms with Crippen molar-refractivity contribution in [3.63, 3.8) is 0 Å². The van der Waals surface area contributed by atoms with E-state index in [1.54, 1.807) is 6.07 Å². The van der Waals surface area contributed by atoms with Crippen LogP contribution in [0.15, 0.2) is 12.1 Å². The van der Waals surface area contributed by atoms with Crippen LogP contribution in [0.5, 0.6) is 5.75 Å². The van der Waals surface area contributed by atoms with Gasteiger partial charge in [0.05, 0.1) is 18.6 Å². The normalized spacial score (nSPS) is 32.8. The largest absolute Gasteiger partial charge is 0.493 e. The number of amides is 1. The molecule has 1 N–H and O–H groups in total. The van der Waals surface area contributed by atoms with Gasteiger partial charge in [-0.25, -0.2) is 4.39 Å². The second kappa shape index (κ2) is 8.03. The highest BCUT2D eigenvalue weighted by molar-refractivity contribution is 5.95. The molecule has 1 aromatic carbocycles. The Morgan fingerprint density at radius 3 is 2.59 bits per heavy atom. The average Bonchev–Trinajstić information content (AvgIpc) is 3.34. The molecule has 4 bridgehead atoms. The van der Waals surface area contributed by atoms with E-state index in [9.17, 15) is 9.59 Å². The van der Waals surface area contributed by atoms with Crippen LogP contribution < -0.4 is 4.74 Å². The summed E-state index contributed by atoms with van der Waals surface area (Å²) in [5.74, 6) is 1.15. The molecular formula is C26H34FNO4. The van der Waals surface area contributed by atoms with Gasteiger partial charge in [-0.15, -0.1) is 0 Å². The van der Waals surface area contributed by atoms with Crippen molar-refractivity contribution >= 4 is 11.9 Å². The van der Waals surface area contributed by atoms with Gasteiger partial charge in [0.1, 0.15) is 11.6 Å². The van der Waals surface area contributed by atoms with Crippen LogP contribution in [0.2, 0.25) is 0 Å². The Kier molecular flexibility index (Phi) is 5.45.